The van der Waals surface area contributed by atoms with Gasteiger partial charge in [0.15, 0.2) is 5.03 Å². The van der Waals surface area contributed by atoms with Crippen molar-refractivity contribution in [2.45, 2.75) is 24.9 Å². The Hall–Kier alpha value is -1.44. The van der Waals surface area contributed by atoms with Gasteiger partial charge in [0, 0.05) is 17.6 Å². The third kappa shape index (κ3) is 3.17. The van der Waals surface area contributed by atoms with Gasteiger partial charge in [0.2, 0.25) is 0 Å². The third-order valence-electron chi connectivity index (χ3n) is 2.79. The van der Waals surface area contributed by atoms with Crippen molar-refractivity contribution in [3.63, 3.8) is 0 Å². The number of primary sulfonamides is 1. The van der Waals surface area contributed by atoms with Crippen LogP contribution in [-0.4, -0.2) is 18.0 Å². The Morgan fingerprint density at radius 2 is 2.15 bits per heavy atom. The molecule has 5 nitrogen and oxygen atoms in total. The number of hydrogen-bond donors (Lipinski definition) is 1. The van der Waals surface area contributed by atoms with Crippen LogP contribution in [-0.2, 0) is 23.0 Å². The van der Waals surface area contributed by atoms with E-state index in [0.29, 0.717) is 22.8 Å². The molecule has 0 saturated heterocycles. The first-order valence-electron chi connectivity index (χ1n) is 5.84. The predicted octanol–water partition coefficient (Wildman–Crippen LogP) is 1.93. The largest absolute Gasteiger partial charge is 0.329 e. The number of sulfonamides is 1. The van der Waals surface area contributed by atoms with Gasteiger partial charge in [-0.05, 0) is 23.8 Å². The summed E-state index contributed by atoms with van der Waals surface area (Å²) < 4.78 is 37.4. The average Bonchev–Trinajstić information content (AvgIpc) is 2.77. The lowest BCUT2D eigenvalue weighted by Crippen LogP contribution is -2.12. The minimum atomic E-state index is -3.86. The fourth-order valence-corrected chi connectivity index (χ4v) is 2.52. The van der Waals surface area contributed by atoms with E-state index >= 15 is 0 Å². The Morgan fingerprint density at radius 3 is 2.75 bits per heavy atom. The van der Waals surface area contributed by atoms with Crippen LogP contribution in [0.2, 0.25) is 5.02 Å². The molecule has 0 unspecified atom stereocenters. The second-order valence-corrected chi connectivity index (χ2v) is 6.17. The Balaban J connectivity index is 2.43. The summed E-state index contributed by atoms with van der Waals surface area (Å²) in [6.45, 7) is 2.06. The van der Waals surface area contributed by atoms with Crippen molar-refractivity contribution in [3.8, 4) is 0 Å². The first-order valence-corrected chi connectivity index (χ1v) is 7.76. The summed E-state index contributed by atoms with van der Waals surface area (Å²) in [6.07, 6.45) is 1.85. The number of rotatable bonds is 4. The molecule has 2 aromatic rings. The van der Waals surface area contributed by atoms with E-state index in [1.807, 2.05) is 6.92 Å². The van der Waals surface area contributed by atoms with E-state index in [1.54, 1.807) is 4.57 Å². The van der Waals surface area contributed by atoms with Gasteiger partial charge in [-0.3, -0.25) is 0 Å². The number of nitrogens with two attached hydrogens (primary N) is 1. The monoisotopic (exact) mass is 317 g/mol. The third-order valence-corrected chi connectivity index (χ3v) is 3.94. The molecule has 0 fully saturated rings. The van der Waals surface area contributed by atoms with Gasteiger partial charge >= 0.3 is 0 Å². The summed E-state index contributed by atoms with van der Waals surface area (Å²) in [4.78, 5) is 3.96. The first-order chi connectivity index (χ1) is 9.31. The van der Waals surface area contributed by atoms with Gasteiger partial charge < -0.3 is 4.57 Å². The maximum Gasteiger partial charge on any atom is 0.257 e. The molecule has 2 rings (SSSR count). The molecular weight excluding hydrogens is 305 g/mol. The SMILES string of the molecule is CCc1nc(S(N)(=O)=O)cn1Cc1cc(F)ccc1Cl. The van der Waals surface area contributed by atoms with Crippen LogP contribution in [0.3, 0.4) is 0 Å². The molecule has 0 aliphatic rings. The van der Waals surface area contributed by atoms with Crippen molar-refractivity contribution in [3.05, 3.63) is 46.6 Å². The van der Waals surface area contributed by atoms with Crippen LogP contribution in [0, 0.1) is 5.82 Å². The minimum absolute atomic E-state index is 0.207. The van der Waals surface area contributed by atoms with E-state index in [4.69, 9.17) is 16.7 Å². The zero-order chi connectivity index (χ0) is 14.9. The zero-order valence-electron chi connectivity index (χ0n) is 10.7. The van der Waals surface area contributed by atoms with Crippen LogP contribution in [0.4, 0.5) is 4.39 Å². The van der Waals surface area contributed by atoms with Crippen LogP contribution in [0.15, 0.2) is 29.4 Å². The molecule has 0 spiro atoms. The normalized spacial score (nSPS) is 11.8. The summed E-state index contributed by atoms with van der Waals surface area (Å²) in [7, 11) is -3.86. The highest BCUT2D eigenvalue weighted by Gasteiger charge is 2.16. The maximum absolute atomic E-state index is 13.2. The van der Waals surface area contributed by atoms with Crippen molar-refractivity contribution >= 4 is 21.6 Å². The Bertz CT molecular complexity index is 743. The molecule has 2 N–H and O–H groups in total. The van der Waals surface area contributed by atoms with Crippen molar-refractivity contribution in [1.82, 2.24) is 9.55 Å². The molecule has 0 atom stereocenters. The van der Waals surface area contributed by atoms with Crippen LogP contribution < -0.4 is 5.14 Å². The lowest BCUT2D eigenvalue weighted by molar-refractivity contribution is 0.594. The molecule has 0 amide bonds. The predicted molar refractivity (Wildman–Crippen MR) is 73.5 cm³/mol. The minimum Gasteiger partial charge on any atom is -0.329 e. The van der Waals surface area contributed by atoms with Crippen molar-refractivity contribution in [2.24, 2.45) is 5.14 Å². The molecule has 8 heteroatoms. The van der Waals surface area contributed by atoms with Crippen LogP contribution >= 0.6 is 11.6 Å². The van der Waals surface area contributed by atoms with Gasteiger partial charge in [-0.2, -0.15) is 0 Å². The molecule has 20 heavy (non-hydrogen) atoms. The van der Waals surface area contributed by atoms with Gasteiger partial charge in [0.05, 0.1) is 6.54 Å². The van der Waals surface area contributed by atoms with E-state index in [-0.39, 0.29) is 11.6 Å². The number of hydrogen-bond acceptors (Lipinski definition) is 3. The number of imidazole rings is 1. The second-order valence-electron chi connectivity index (χ2n) is 4.26. The first kappa shape index (κ1) is 15.0. The lowest BCUT2D eigenvalue weighted by Gasteiger charge is -2.08. The molecular formula is C12H13ClFN3O2S. The standard InChI is InChI=1S/C12H13ClFN3O2S/c1-2-11-16-12(20(15,18)19)7-17(11)6-8-5-9(14)3-4-10(8)13/h3-5,7H,2,6H2,1H3,(H2,15,18,19). The molecule has 0 saturated carbocycles. The number of nitrogens with zero attached hydrogens (tertiary/aromatic N) is 2. The van der Waals surface area contributed by atoms with Crippen LogP contribution in [0.25, 0.3) is 0 Å². The number of aromatic nitrogens is 2. The van der Waals surface area contributed by atoms with Gasteiger partial charge in [-0.25, -0.2) is 22.9 Å². The summed E-state index contributed by atoms with van der Waals surface area (Å²) in [5, 5.41) is 5.25. The highest BCUT2D eigenvalue weighted by molar-refractivity contribution is 7.89. The molecule has 0 bridgehead atoms. The molecule has 1 aromatic carbocycles. The molecule has 0 aliphatic heterocycles. The van der Waals surface area contributed by atoms with E-state index in [2.05, 4.69) is 4.98 Å². The molecule has 0 radical (unpaired) electrons. The van der Waals surface area contributed by atoms with E-state index < -0.39 is 15.8 Å². The number of benzene rings is 1. The fourth-order valence-electron chi connectivity index (χ4n) is 1.83. The highest BCUT2D eigenvalue weighted by Crippen LogP contribution is 2.20. The van der Waals surface area contributed by atoms with Crippen LogP contribution in [0.1, 0.15) is 18.3 Å². The van der Waals surface area contributed by atoms with E-state index in [0.717, 1.165) is 0 Å². The van der Waals surface area contributed by atoms with Gasteiger partial charge in [0.25, 0.3) is 10.0 Å². The molecule has 1 aromatic heterocycles. The van der Waals surface area contributed by atoms with Gasteiger partial charge in [0.1, 0.15) is 11.6 Å². The van der Waals surface area contributed by atoms with Crippen molar-refractivity contribution in [1.29, 1.82) is 0 Å². The average molecular weight is 318 g/mol. The van der Waals surface area contributed by atoms with E-state index in [9.17, 15) is 12.8 Å². The summed E-state index contributed by atoms with van der Waals surface area (Å²) >= 11 is 6.00. The second kappa shape index (κ2) is 5.51. The molecule has 0 aliphatic carbocycles. The summed E-state index contributed by atoms with van der Waals surface area (Å²) in [5.41, 5.74) is 0.541. The Kier molecular flexibility index (Phi) is 4.12. The smallest absolute Gasteiger partial charge is 0.257 e. The zero-order valence-corrected chi connectivity index (χ0v) is 12.2. The van der Waals surface area contributed by atoms with E-state index in [1.165, 1.54) is 24.4 Å². The quantitative estimate of drug-likeness (QED) is 0.936. The number of aryl methyl sites for hydroxylation is 1. The molecule has 108 valence electrons. The Morgan fingerprint density at radius 1 is 1.45 bits per heavy atom. The van der Waals surface area contributed by atoms with Gasteiger partial charge in [-0.1, -0.05) is 18.5 Å². The van der Waals surface area contributed by atoms with Gasteiger partial charge in [-0.15, -0.1) is 0 Å². The van der Waals surface area contributed by atoms with Crippen molar-refractivity contribution < 1.29 is 12.8 Å². The fraction of sp³-hybridized carbons (Fsp3) is 0.250. The summed E-state index contributed by atoms with van der Waals surface area (Å²) in [5.74, 6) is 0.128. The Labute approximate surface area is 121 Å². The highest BCUT2D eigenvalue weighted by atomic mass is 35.5. The summed E-state index contributed by atoms with van der Waals surface area (Å²) in [6, 6.07) is 4.02. The van der Waals surface area contributed by atoms with Crippen molar-refractivity contribution in [2.75, 3.05) is 0 Å². The topological polar surface area (TPSA) is 78.0 Å². The van der Waals surface area contributed by atoms with Crippen LogP contribution in [0.5, 0.6) is 0 Å². The lowest BCUT2D eigenvalue weighted by atomic mass is 10.2. The molecule has 1 heterocycles. The number of halogens is 2. The maximum atomic E-state index is 13.2.